The van der Waals surface area contributed by atoms with Gasteiger partial charge in [-0.25, -0.2) is 4.98 Å². The quantitative estimate of drug-likeness (QED) is 0.640. The van der Waals surface area contributed by atoms with Gasteiger partial charge in [-0.1, -0.05) is 18.2 Å². The van der Waals surface area contributed by atoms with Crippen LogP contribution in [0.1, 0.15) is 18.2 Å². The summed E-state index contributed by atoms with van der Waals surface area (Å²) in [5.74, 6) is 0.259. The number of H-pyrrole nitrogens is 1. The molecule has 1 aromatic heterocycles. The zero-order valence-corrected chi connectivity index (χ0v) is 10.7. The molecule has 0 aliphatic heterocycles. The van der Waals surface area contributed by atoms with Crippen LogP contribution in [0.4, 0.5) is 0 Å². The van der Waals surface area contributed by atoms with E-state index in [1.807, 2.05) is 13.0 Å². The van der Waals surface area contributed by atoms with E-state index in [0.29, 0.717) is 6.61 Å². The predicted octanol–water partition coefficient (Wildman–Crippen LogP) is 2.94. The normalized spacial score (nSPS) is 10.3. The minimum absolute atomic E-state index is 0.259. The van der Waals surface area contributed by atoms with Gasteiger partial charge in [-0.3, -0.25) is 5.41 Å². The molecular weight excluding hydrogens is 226 g/mol. The zero-order chi connectivity index (χ0) is 13.0. The lowest BCUT2D eigenvalue weighted by atomic mass is 10.1. The van der Waals surface area contributed by atoms with E-state index in [0.717, 1.165) is 23.4 Å². The number of aromatic nitrogens is 2. The molecule has 4 heteroatoms. The molecule has 0 aliphatic rings. The maximum absolute atomic E-state index is 7.21. The summed E-state index contributed by atoms with van der Waals surface area (Å²) >= 11 is 0. The van der Waals surface area contributed by atoms with Gasteiger partial charge in [-0.2, -0.15) is 0 Å². The van der Waals surface area contributed by atoms with Crippen molar-refractivity contribution in [1.29, 1.82) is 5.41 Å². The van der Waals surface area contributed by atoms with Gasteiger partial charge in [0, 0.05) is 24.6 Å². The molecule has 94 valence electrons. The fourth-order valence-corrected chi connectivity index (χ4v) is 1.85. The Balaban J connectivity index is 2.11. The summed E-state index contributed by atoms with van der Waals surface area (Å²) < 4.78 is 5.16. The van der Waals surface area contributed by atoms with Crippen molar-refractivity contribution in [2.24, 2.45) is 0 Å². The van der Waals surface area contributed by atoms with Gasteiger partial charge in [0.25, 0.3) is 0 Å². The summed E-state index contributed by atoms with van der Waals surface area (Å²) in [6.45, 7) is 4.19. The van der Waals surface area contributed by atoms with Crippen molar-refractivity contribution in [3.63, 3.8) is 0 Å². The Bertz CT molecular complexity index is 545. The number of nitrogens with one attached hydrogen (secondary N) is 2. The molecule has 0 atom stereocenters. The van der Waals surface area contributed by atoms with E-state index in [2.05, 4.69) is 28.2 Å². The molecular formula is C14H17N3O. The first-order chi connectivity index (χ1) is 8.66. The molecule has 0 aliphatic carbocycles. The van der Waals surface area contributed by atoms with E-state index in [-0.39, 0.29) is 5.90 Å². The molecule has 0 bridgehead atoms. The first kappa shape index (κ1) is 12.4. The SMILES string of the molecule is CC(=N)OCCc1cccc(-c2nc[nH]c2C)c1. The van der Waals surface area contributed by atoms with Gasteiger partial charge in [0.2, 0.25) is 0 Å². The fourth-order valence-electron chi connectivity index (χ4n) is 1.85. The molecule has 2 N–H and O–H groups in total. The van der Waals surface area contributed by atoms with Gasteiger partial charge in [0.1, 0.15) is 0 Å². The summed E-state index contributed by atoms with van der Waals surface area (Å²) in [5.41, 5.74) is 4.36. The van der Waals surface area contributed by atoms with Crippen LogP contribution in [0, 0.1) is 12.3 Å². The van der Waals surface area contributed by atoms with Gasteiger partial charge in [0.15, 0.2) is 5.90 Å². The van der Waals surface area contributed by atoms with Crippen LogP contribution in [0.15, 0.2) is 30.6 Å². The summed E-state index contributed by atoms with van der Waals surface area (Å²) in [7, 11) is 0. The third-order valence-corrected chi connectivity index (χ3v) is 2.74. The molecule has 18 heavy (non-hydrogen) atoms. The van der Waals surface area contributed by atoms with Crippen molar-refractivity contribution in [2.75, 3.05) is 6.61 Å². The van der Waals surface area contributed by atoms with Crippen LogP contribution in [0.2, 0.25) is 0 Å². The van der Waals surface area contributed by atoms with Gasteiger partial charge in [-0.05, 0) is 18.6 Å². The minimum Gasteiger partial charge on any atom is -0.481 e. The summed E-state index contributed by atoms with van der Waals surface area (Å²) in [6.07, 6.45) is 2.51. The Labute approximate surface area is 107 Å². The average molecular weight is 243 g/mol. The lowest BCUT2D eigenvalue weighted by molar-refractivity contribution is 0.304. The molecule has 0 unspecified atom stereocenters. The van der Waals surface area contributed by atoms with Crippen LogP contribution in [0.25, 0.3) is 11.3 Å². The van der Waals surface area contributed by atoms with Crippen LogP contribution in [0.3, 0.4) is 0 Å². The van der Waals surface area contributed by atoms with Crippen molar-refractivity contribution < 1.29 is 4.74 Å². The van der Waals surface area contributed by atoms with Crippen molar-refractivity contribution in [3.8, 4) is 11.3 Å². The largest absolute Gasteiger partial charge is 0.481 e. The van der Waals surface area contributed by atoms with E-state index in [1.165, 1.54) is 5.56 Å². The first-order valence-electron chi connectivity index (χ1n) is 5.94. The zero-order valence-electron chi connectivity index (χ0n) is 10.7. The van der Waals surface area contributed by atoms with Crippen LogP contribution >= 0.6 is 0 Å². The highest BCUT2D eigenvalue weighted by Crippen LogP contribution is 2.20. The lowest BCUT2D eigenvalue weighted by Crippen LogP contribution is -2.02. The van der Waals surface area contributed by atoms with Crippen molar-refractivity contribution >= 4 is 5.90 Å². The molecule has 0 amide bonds. The molecule has 1 heterocycles. The third kappa shape index (κ3) is 2.97. The van der Waals surface area contributed by atoms with Crippen molar-refractivity contribution in [3.05, 3.63) is 41.9 Å². The predicted molar refractivity (Wildman–Crippen MR) is 71.8 cm³/mol. The van der Waals surface area contributed by atoms with Crippen LogP contribution in [0.5, 0.6) is 0 Å². The Morgan fingerprint density at radius 2 is 2.28 bits per heavy atom. The Morgan fingerprint density at radius 3 is 2.94 bits per heavy atom. The minimum atomic E-state index is 0.259. The van der Waals surface area contributed by atoms with E-state index in [1.54, 1.807) is 13.3 Å². The summed E-state index contributed by atoms with van der Waals surface area (Å²) in [5, 5.41) is 7.21. The van der Waals surface area contributed by atoms with E-state index in [4.69, 9.17) is 10.1 Å². The summed E-state index contributed by atoms with van der Waals surface area (Å²) in [4.78, 5) is 7.40. The van der Waals surface area contributed by atoms with Gasteiger partial charge in [0.05, 0.1) is 18.6 Å². The van der Waals surface area contributed by atoms with Crippen molar-refractivity contribution in [1.82, 2.24) is 9.97 Å². The number of imidazole rings is 1. The monoisotopic (exact) mass is 243 g/mol. The van der Waals surface area contributed by atoms with Crippen LogP contribution in [-0.2, 0) is 11.2 Å². The van der Waals surface area contributed by atoms with Gasteiger partial charge < -0.3 is 9.72 Å². The number of ether oxygens (including phenoxy) is 1. The maximum atomic E-state index is 7.21. The molecule has 0 saturated carbocycles. The standard InChI is InChI=1S/C14H17N3O/c1-10-14(17-9-16-10)13-5-3-4-12(8-13)6-7-18-11(2)15/h3-5,8-9,15H,6-7H2,1-2H3,(H,16,17). The van der Waals surface area contributed by atoms with Crippen molar-refractivity contribution in [2.45, 2.75) is 20.3 Å². The highest BCUT2D eigenvalue weighted by molar-refractivity contribution is 5.69. The molecule has 4 nitrogen and oxygen atoms in total. The number of rotatable bonds is 4. The first-order valence-corrected chi connectivity index (χ1v) is 5.94. The van der Waals surface area contributed by atoms with Gasteiger partial charge in [-0.15, -0.1) is 0 Å². The second kappa shape index (κ2) is 5.49. The molecule has 0 radical (unpaired) electrons. The second-order valence-electron chi connectivity index (χ2n) is 4.23. The molecule has 2 aromatic rings. The summed E-state index contributed by atoms with van der Waals surface area (Å²) in [6, 6.07) is 8.26. The third-order valence-electron chi connectivity index (χ3n) is 2.74. The van der Waals surface area contributed by atoms with Crippen LogP contribution in [-0.4, -0.2) is 22.5 Å². The topological polar surface area (TPSA) is 61.8 Å². The number of benzene rings is 1. The molecule has 0 saturated heterocycles. The number of hydrogen-bond donors (Lipinski definition) is 2. The smallest absolute Gasteiger partial charge is 0.177 e. The number of nitrogens with zero attached hydrogens (tertiary/aromatic N) is 1. The maximum Gasteiger partial charge on any atom is 0.177 e. The Kier molecular flexibility index (Phi) is 3.77. The fraction of sp³-hybridized carbons (Fsp3) is 0.286. The Morgan fingerprint density at radius 1 is 1.44 bits per heavy atom. The van der Waals surface area contributed by atoms with Gasteiger partial charge >= 0.3 is 0 Å². The van der Waals surface area contributed by atoms with Crippen LogP contribution < -0.4 is 0 Å². The number of aryl methyl sites for hydroxylation is 1. The average Bonchev–Trinajstić information content (AvgIpc) is 2.75. The molecule has 0 fully saturated rings. The Hall–Kier alpha value is -2.10. The van der Waals surface area contributed by atoms with E-state index >= 15 is 0 Å². The highest BCUT2D eigenvalue weighted by atomic mass is 16.5. The second-order valence-corrected chi connectivity index (χ2v) is 4.23. The van der Waals surface area contributed by atoms with E-state index in [9.17, 15) is 0 Å². The molecule has 2 rings (SSSR count). The number of aromatic amines is 1. The molecule has 1 aromatic carbocycles. The molecule has 0 spiro atoms. The lowest BCUT2D eigenvalue weighted by Gasteiger charge is -2.06. The van der Waals surface area contributed by atoms with E-state index < -0.39 is 0 Å². The highest BCUT2D eigenvalue weighted by Gasteiger charge is 2.05. The number of hydrogen-bond acceptors (Lipinski definition) is 3.